The van der Waals surface area contributed by atoms with E-state index in [1.54, 1.807) is 12.1 Å². The van der Waals surface area contributed by atoms with Crippen molar-refractivity contribution in [2.45, 2.75) is 32.1 Å². The second-order valence-corrected chi connectivity index (χ2v) is 7.42. The molecule has 1 saturated carbocycles. The molecule has 1 fully saturated rings. The van der Waals surface area contributed by atoms with E-state index in [9.17, 15) is 14.7 Å². The molecule has 2 N–H and O–H groups in total. The standard InChI is InChI=1S/C16H21INO4/c19-15(13-8-2-1-3-9-13)17-22-18-11-14(16(20)21)10-12-6-4-5-7-12/h1-3,8-9,12,14,18H,4-7,10-11H2,(H,20,21)/q-1/t14-/m1/s1. The Morgan fingerprint density at radius 1 is 1.27 bits per heavy atom. The average molecular weight is 418 g/mol. The third-order valence-corrected chi connectivity index (χ3v) is 5.49. The summed E-state index contributed by atoms with van der Waals surface area (Å²) in [4.78, 5) is 23.2. The first-order valence-corrected chi connectivity index (χ1v) is 9.48. The molecule has 2 rings (SSSR count). The van der Waals surface area contributed by atoms with Gasteiger partial charge in [0, 0.05) is 0 Å². The average Bonchev–Trinajstić information content (AvgIpc) is 3.03. The molecule has 0 radical (unpaired) electrons. The van der Waals surface area contributed by atoms with Crippen LogP contribution in [0.5, 0.6) is 0 Å². The van der Waals surface area contributed by atoms with E-state index in [4.69, 9.17) is 3.17 Å². The fourth-order valence-corrected chi connectivity index (χ4v) is 3.88. The van der Waals surface area contributed by atoms with Gasteiger partial charge in [-0.3, -0.25) is 0 Å². The number of benzene rings is 1. The maximum absolute atomic E-state index is 11.9. The summed E-state index contributed by atoms with van der Waals surface area (Å²) in [5, 5.41) is 9.27. The van der Waals surface area contributed by atoms with Crippen LogP contribution in [0.2, 0.25) is 0 Å². The molecule has 1 aromatic rings. The van der Waals surface area contributed by atoms with Crippen LogP contribution in [-0.2, 0) is 7.96 Å². The molecule has 1 atom stereocenters. The van der Waals surface area contributed by atoms with Crippen molar-refractivity contribution in [2.75, 3.05) is 6.54 Å². The number of carboxylic acids is 1. The number of nitrogens with one attached hydrogen (secondary N) is 1. The molecule has 0 aromatic heterocycles. The first kappa shape index (κ1) is 17.4. The molecule has 0 amide bonds. The van der Waals surface area contributed by atoms with Crippen molar-refractivity contribution in [1.82, 2.24) is 5.48 Å². The fourth-order valence-electron chi connectivity index (χ4n) is 2.73. The molecule has 122 valence electrons. The van der Waals surface area contributed by atoms with Gasteiger partial charge in [-0.1, -0.05) is 0 Å². The molecular formula is C16H21INO4-. The van der Waals surface area contributed by atoms with E-state index in [-0.39, 0.29) is 10.3 Å². The third kappa shape index (κ3) is 5.66. The monoisotopic (exact) mass is 418 g/mol. The minimum atomic E-state index is -1.13. The zero-order valence-corrected chi connectivity index (χ0v) is 14.5. The molecular weight excluding hydrogens is 397 g/mol. The molecule has 0 unspecified atom stereocenters. The first-order valence-electron chi connectivity index (χ1n) is 7.52. The van der Waals surface area contributed by atoms with Crippen LogP contribution in [0.1, 0.15) is 42.5 Å². The number of carboxylic acid groups (broad SMARTS) is 1. The summed E-state index contributed by atoms with van der Waals surface area (Å²) in [6.07, 6.45) is 5.36. The zero-order valence-electron chi connectivity index (χ0n) is 12.3. The van der Waals surface area contributed by atoms with Gasteiger partial charge < -0.3 is 0 Å². The van der Waals surface area contributed by atoms with Crippen molar-refractivity contribution < 1.29 is 39.5 Å². The predicted molar refractivity (Wildman–Crippen MR) is 77.6 cm³/mol. The molecule has 0 bridgehead atoms. The summed E-state index contributed by atoms with van der Waals surface area (Å²) in [5.74, 6) is -0.724. The van der Waals surface area contributed by atoms with Crippen LogP contribution in [0.25, 0.3) is 0 Å². The number of rotatable bonds is 9. The number of aliphatic carboxylic acids is 1. The van der Waals surface area contributed by atoms with Gasteiger partial charge in [-0.2, -0.15) is 0 Å². The van der Waals surface area contributed by atoms with Gasteiger partial charge in [0.15, 0.2) is 0 Å². The maximum atomic E-state index is 11.9. The molecule has 0 aliphatic heterocycles. The molecule has 6 heteroatoms. The van der Waals surface area contributed by atoms with Gasteiger partial charge in [0.25, 0.3) is 0 Å². The van der Waals surface area contributed by atoms with Gasteiger partial charge in [-0.25, -0.2) is 0 Å². The third-order valence-electron chi connectivity index (χ3n) is 3.94. The summed E-state index contributed by atoms with van der Waals surface area (Å²) >= 11 is -1.13. The zero-order chi connectivity index (χ0) is 15.8. The van der Waals surface area contributed by atoms with Crippen molar-refractivity contribution in [3.05, 3.63) is 35.9 Å². The molecule has 1 aromatic carbocycles. The number of hydroxylamine groups is 1. The number of carbonyl (C=O) groups is 2. The normalized spacial score (nSPS) is 16.7. The van der Waals surface area contributed by atoms with Crippen LogP contribution in [0.4, 0.5) is 0 Å². The van der Waals surface area contributed by atoms with Crippen LogP contribution >= 0.6 is 0 Å². The van der Waals surface area contributed by atoms with E-state index in [1.165, 1.54) is 12.8 Å². The van der Waals surface area contributed by atoms with Gasteiger partial charge in [0.2, 0.25) is 0 Å². The number of hydrogen-bond acceptors (Lipinski definition) is 4. The Kier molecular flexibility index (Phi) is 7.28. The van der Waals surface area contributed by atoms with Gasteiger partial charge in [0.05, 0.1) is 0 Å². The van der Waals surface area contributed by atoms with Crippen LogP contribution in [0.15, 0.2) is 30.3 Å². The van der Waals surface area contributed by atoms with E-state index in [0.29, 0.717) is 17.9 Å². The number of halogens is 1. The van der Waals surface area contributed by atoms with Gasteiger partial charge >= 0.3 is 141 Å². The van der Waals surface area contributed by atoms with Crippen molar-refractivity contribution in [3.8, 4) is 0 Å². The van der Waals surface area contributed by atoms with Crippen molar-refractivity contribution >= 4 is 9.76 Å². The van der Waals surface area contributed by atoms with Gasteiger partial charge in [-0.15, -0.1) is 0 Å². The van der Waals surface area contributed by atoms with E-state index in [1.807, 2.05) is 18.2 Å². The molecule has 1 aliphatic carbocycles. The second-order valence-electron chi connectivity index (χ2n) is 5.56. The molecule has 1 aliphatic rings. The molecule has 5 nitrogen and oxygen atoms in total. The first-order chi connectivity index (χ1) is 10.7. The molecule has 0 heterocycles. The Bertz CT molecular complexity index is 488. The molecule has 0 spiro atoms. The van der Waals surface area contributed by atoms with Gasteiger partial charge in [-0.05, 0) is 0 Å². The summed E-state index contributed by atoms with van der Waals surface area (Å²) in [5.41, 5.74) is 3.33. The van der Waals surface area contributed by atoms with Gasteiger partial charge in [0.1, 0.15) is 0 Å². The Labute approximate surface area is 141 Å². The SMILES string of the molecule is O=C([I-]ONC[C@@H](CC1CCCC1)C(=O)O)c1ccccc1. The van der Waals surface area contributed by atoms with Crippen LogP contribution < -0.4 is 27.1 Å². The minimum absolute atomic E-state index is 0.0189. The van der Waals surface area contributed by atoms with E-state index < -0.39 is 33.5 Å². The second kappa shape index (κ2) is 9.22. The topological polar surface area (TPSA) is 75.6 Å². The quantitative estimate of drug-likeness (QED) is 0.248. The van der Waals surface area contributed by atoms with E-state index >= 15 is 0 Å². The summed E-state index contributed by atoms with van der Waals surface area (Å²) in [6.45, 7) is 0.258. The summed E-state index contributed by atoms with van der Waals surface area (Å²) in [7, 11) is 0. The van der Waals surface area contributed by atoms with Crippen LogP contribution in [0, 0.1) is 11.8 Å². The molecule has 22 heavy (non-hydrogen) atoms. The number of hydrogen-bond donors (Lipinski definition) is 2. The van der Waals surface area contributed by atoms with Crippen LogP contribution in [0.3, 0.4) is 0 Å². The van der Waals surface area contributed by atoms with Crippen molar-refractivity contribution in [2.24, 2.45) is 11.8 Å². The van der Waals surface area contributed by atoms with Crippen molar-refractivity contribution in [1.29, 1.82) is 0 Å². The number of carbonyl (C=O) groups excluding carboxylic acids is 1. The van der Waals surface area contributed by atoms with E-state index in [2.05, 4.69) is 5.48 Å². The fraction of sp³-hybridized carbons (Fsp3) is 0.500. The Morgan fingerprint density at radius 2 is 1.95 bits per heavy atom. The Balaban J connectivity index is 1.69. The van der Waals surface area contributed by atoms with Crippen molar-refractivity contribution in [3.63, 3.8) is 0 Å². The predicted octanol–water partition coefficient (Wildman–Crippen LogP) is -0.367. The summed E-state index contributed by atoms with van der Waals surface area (Å²) < 4.78 is 5.22. The summed E-state index contributed by atoms with van der Waals surface area (Å²) in [6, 6.07) is 8.99. The van der Waals surface area contributed by atoms with E-state index in [0.717, 1.165) is 12.8 Å². The molecule has 0 saturated heterocycles. The van der Waals surface area contributed by atoms with Crippen LogP contribution in [-0.4, -0.2) is 21.4 Å². The Hall–Kier alpha value is -0.990. The Morgan fingerprint density at radius 3 is 2.59 bits per heavy atom.